The first-order valence-electron chi connectivity index (χ1n) is 12.8. The van der Waals surface area contributed by atoms with Crippen molar-refractivity contribution in [1.29, 1.82) is 0 Å². The molecule has 1 fully saturated rings. The van der Waals surface area contributed by atoms with Crippen LogP contribution < -0.4 is 10.1 Å². The molecule has 1 N–H and O–H groups in total. The SMILES string of the molecule is CC[C@H](C(=O)NC1CCCCC1)N(CCc1ccccc1)C(=O)COc1ccccc1C(C)C. The molecule has 5 nitrogen and oxygen atoms in total. The average Bonchev–Trinajstić information content (AvgIpc) is 2.86. The third-order valence-electron chi connectivity index (χ3n) is 6.71. The van der Waals surface area contributed by atoms with Crippen LogP contribution in [0.4, 0.5) is 0 Å². The van der Waals surface area contributed by atoms with Crippen molar-refractivity contribution in [2.24, 2.45) is 0 Å². The van der Waals surface area contributed by atoms with E-state index in [4.69, 9.17) is 4.74 Å². The molecule has 2 amide bonds. The summed E-state index contributed by atoms with van der Waals surface area (Å²) < 4.78 is 5.99. The molecular weight excluding hydrogens is 424 g/mol. The Morgan fingerprint density at radius 3 is 2.35 bits per heavy atom. The molecule has 0 radical (unpaired) electrons. The number of hydrogen-bond donors (Lipinski definition) is 1. The van der Waals surface area contributed by atoms with Gasteiger partial charge in [0, 0.05) is 12.6 Å². The molecule has 0 aromatic heterocycles. The second-order valence-corrected chi connectivity index (χ2v) is 9.57. The van der Waals surface area contributed by atoms with E-state index in [2.05, 4.69) is 31.3 Å². The number of carbonyl (C=O) groups excluding carboxylic acids is 2. The van der Waals surface area contributed by atoms with E-state index in [1.807, 2.05) is 49.4 Å². The molecule has 0 bridgehead atoms. The largest absolute Gasteiger partial charge is 0.483 e. The maximum Gasteiger partial charge on any atom is 0.261 e. The lowest BCUT2D eigenvalue weighted by atomic mass is 9.95. The number of amides is 2. The normalized spacial score (nSPS) is 15.1. The van der Waals surface area contributed by atoms with Gasteiger partial charge in [-0.05, 0) is 48.8 Å². The van der Waals surface area contributed by atoms with E-state index in [9.17, 15) is 9.59 Å². The Morgan fingerprint density at radius 2 is 1.68 bits per heavy atom. The minimum Gasteiger partial charge on any atom is -0.483 e. The molecule has 2 aromatic carbocycles. The van der Waals surface area contributed by atoms with Gasteiger partial charge in [-0.1, -0.05) is 88.6 Å². The van der Waals surface area contributed by atoms with Crippen LogP contribution in [0.3, 0.4) is 0 Å². The van der Waals surface area contributed by atoms with Crippen molar-refractivity contribution in [3.8, 4) is 5.75 Å². The molecular formula is C29H40N2O3. The molecule has 0 aliphatic heterocycles. The second-order valence-electron chi connectivity index (χ2n) is 9.57. The standard InChI is InChI=1S/C29H40N2O3/c1-4-26(29(33)30-24-15-9-6-10-16-24)31(20-19-23-13-7-5-8-14-23)28(32)21-34-27-18-12-11-17-25(27)22(2)3/h5,7-8,11-14,17-18,22,24,26H,4,6,9-10,15-16,19-21H2,1-3H3,(H,30,33)/t26-/m1/s1. The van der Waals surface area contributed by atoms with Crippen LogP contribution in [0.25, 0.3) is 0 Å². The van der Waals surface area contributed by atoms with Crippen LogP contribution >= 0.6 is 0 Å². The molecule has 1 aliphatic carbocycles. The summed E-state index contributed by atoms with van der Waals surface area (Å²) in [7, 11) is 0. The van der Waals surface area contributed by atoms with Gasteiger partial charge in [-0.2, -0.15) is 0 Å². The highest BCUT2D eigenvalue weighted by molar-refractivity contribution is 5.88. The van der Waals surface area contributed by atoms with Gasteiger partial charge in [-0.15, -0.1) is 0 Å². The molecule has 0 unspecified atom stereocenters. The molecule has 3 rings (SSSR count). The van der Waals surface area contributed by atoms with Crippen molar-refractivity contribution < 1.29 is 14.3 Å². The van der Waals surface area contributed by atoms with Crippen LogP contribution in [0.15, 0.2) is 54.6 Å². The first kappa shape index (κ1) is 25.8. The highest BCUT2D eigenvalue weighted by Gasteiger charge is 2.30. The fourth-order valence-electron chi connectivity index (χ4n) is 4.75. The van der Waals surface area contributed by atoms with E-state index in [1.165, 1.54) is 6.42 Å². The van der Waals surface area contributed by atoms with Crippen LogP contribution in [-0.2, 0) is 16.0 Å². The second kappa shape index (κ2) is 13.2. The number of rotatable bonds is 11. The zero-order valence-corrected chi connectivity index (χ0v) is 21.0. The highest BCUT2D eigenvalue weighted by atomic mass is 16.5. The molecule has 5 heteroatoms. The minimum absolute atomic E-state index is 0.0432. The van der Waals surface area contributed by atoms with Gasteiger partial charge >= 0.3 is 0 Å². The van der Waals surface area contributed by atoms with Crippen LogP contribution in [0, 0.1) is 0 Å². The van der Waals surface area contributed by atoms with Gasteiger partial charge in [-0.25, -0.2) is 0 Å². The van der Waals surface area contributed by atoms with Gasteiger partial charge in [0.2, 0.25) is 5.91 Å². The van der Waals surface area contributed by atoms with Crippen LogP contribution in [-0.4, -0.2) is 41.9 Å². The van der Waals surface area contributed by atoms with Crippen molar-refractivity contribution in [1.82, 2.24) is 10.2 Å². The summed E-state index contributed by atoms with van der Waals surface area (Å²) in [6.45, 7) is 6.60. The Bertz CT molecular complexity index is 907. The Kier molecular flexibility index (Phi) is 9.99. The Labute approximate surface area is 204 Å². The maximum absolute atomic E-state index is 13.4. The predicted octanol–water partition coefficient (Wildman–Crippen LogP) is 5.49. The minimum atomic E-state index is -0.498. The average molecular weight is 465 g/mol. The van der Waals surface area contributed by atoms with E-state index >= 15 is 0 Å². The highest BCUT2D eigenvalue weighted by Crippen LogP contribution is 2.26. The Hall–Kier alpha value is -2.82. The molecule has 2 aromatic rings. The zero-order chi connectivity index (χ0) is 24.3. The third kappa shape index (κ3) is 7.34. The monoisotopic (exact) mass is 464 g/mol. The van der Waals surface area contributed by atoms with Gasteiger partial charge in [0.15, 0.2) is 6.61 Å². The van der Waals surface area contributed by atoms with Crippen LogP contribution in [0.1, 0.15) is 76.3 Å². The van der Waals surface area contributed by atoms with Gasteiger partial charge < -0.3 is 15.0 Å². The lowest BCUT2D eigenvalue weighted by molar-refractivity contribution is -0.142. The van der Waals surface area contributed by atoms with Crippen molar-refractivity contribution in [2.75, 3.05) is 13.2 Å². The van der Waals surface area contributed by atoms with Crippen molar-refractivity contribution in [3.05, 3.63) is 65.7 Å². The number of nitrogens with zero attached hydrogens (tertiary/aromatic N) is 1. The van der Waals surface area contributed by atoms with Crippen LogP contribution in [0.2, 0.25) is 0 Å². The topological polar surface area (TPSA) is 58.6 Å². The van der Waals surface area contributed by atoms with E-state index in [0.29, 0.717) is 25.3 Å². The fourth-order valence-corrected chi connectivity index (χ4v) is 4.75. The summed E-state index contributed by atoms with van der Waals surface area (Å²) in [5.74, 6) is 0.831. The molecule has 1 atom stereocenters. The maximum atomic E-state index is 13.4. The lowest BCUT2D eigenvalue weighted by Crippen LogP contribution is -2.53. The van der Waals surface area contributed by atoms with E-state index < -0.39 is 6.04 Å². The summed E-state index contributed by atoms with van der Waals surface area (Å²) in [5.41, 5.74) is 2.22. The third-order valence-corrected chi connectivity index (χ3v) is 6.71. The number of benzene rings is 2. The number of hydrogen-bond acceptors (Lipinski definition) is 3. The van der Waals surface area contributed by atoms with Gasteiger partial charge in [-0.3, -0.25) is 9.59 Å². The zero-order valence-electron chi connectivity index (χ0n) is 21.0. The van der Waals surface area contributed by atoms with E-state index in [1.54, 1.807) is 4.90 Å². The summed E-state index contributed by atoms with van der Waals surface area (Å²) in [4.78, 5) is 28.4. The van der Waals surface area contributed by atoms with Crippen molar-refractivity contribution in [2.45, 2.75) is 83.7 Å². The van der Waals surface area contributed by atoms with Crippen molar-refractivity contribution >= 4 is 11.8 Å². The van der Waals surface area contributed by atoms with E-state index in [0.717, 1.165) is 42.6 Å². The Morgan fingerprint density at radius 1 is 1.00 bits per heavy atom. The lowest BCUT2D eigenvalue weighted by Gasteiger charge is -2.32. The van der Waals surface area contributed by atoms with Gasteiger partial charge in [0.1, 0.15) is 11.8 Å². The fraction of sp³-hybridized carbons (Fsp3) is 0.517. The number of para-hydroxylation sites is 1. The first-order valence-corrected chi connectivity index (χ1v) is 12.8. The molecule has 184 valence electrons. The first-order chi connectivity index (χ1) is 16.5. The number of ether oxygens (including phenoxy) is 1. The molecule has 0 saturated heterocycles. The summed E-state index contributed by atoms with van der Waals surface area (Å²) >= 11 is 0. The molecule has 1 saturated carbocycles. The summed E-state index contributed by atoms with van der Waals surface area (Å²) in [6, 6.07) is 17.7. The van der Waals surface area contributed by atoms with E-state index in [-0.39, 0.29) is 24.5 Å². The molecule has 0 spiro atoms. The quantitative estimate of drug-likeness (QED) is 0.479. The number of carbonyl (C=O) groups is 2. The molecule has 34 heavy (non-hydrogen) atoms. The summed E-state index contributed by atoms with van der Waals surface area (Å²) in [6.07, 6.45) is 6.86. The smallest absolute Gasteiger partial charge is 0.261 e. The predicted molar refractivity (Wildman–Crippen MR) is 137 cm³/mol. The van der Waals surface area contributed by atoms with Crippen molar-refractivity contribution in [3.63, 3.8) is 0 Å². The van der Waals surface area contributed by atoms with Gasteiger partial charge in [0.25, 0.3) is 5.91 Å². The molecule has 1 aliphatic rings. The molecule has 0 heterocycles. The summed E-state index contributed by atoms with van der Waals surface area (Å²) in [5, 5.41) is 3.23. The van der Waals surface area contributed by atoms with Crippen LogP contribution in [0.5, 0.6) is 5.75 Å². The Balaban J connectivity index is 1.72. The number of nitrogens with one attached hydrogen (secondary N) is 1. The van der Waals surface area contributed by atoms with Gasteiger partial charge in [0.05, 0.1) is 0 Å².